The Morgan fingerprint density at radius 3 is 2.25 bits per heavy atom. The molecule has 3 N–H and O–H groups in total. The molecule has 2 heterocycles. The molecule has 3 aromatic rings. The number of carbonyl (C=O) groups excluding carboxylic acids is 2. The number of hydrogen-bond acceptors (Lipinski definition) is 8. The predicted octanol–water partition coefficient (Wildman–Crippen LogP) is 4.67. The van der Waals surface area contributed by atoms with Crippen molar-refractivity contribution in [3.63, 3.8) is 0 Å². The molecule has 1 saturated heterocycles. The molecular weight excluding hydrogens is 651 g/mol. The zero-order valence-corrected chi connectivity index (χ0v) is 30.2. The number of aliphatic hydroxyl groups is 1. The Hall–Kier alpha value is -3.52. The predicted molar refractivity (Wildman–Crippen MR) is 187 cm³/mol. The van der Waals surface area contributed by atoms with Crippen molar-refractivity contribution in [2.24, 2.45) is 11.8 Å². The van der Waals surface area contributed by atoms with Gasteiger partial charge in [-0.15, -0.1) is 11.3 Å². The molecule has 2 aromatic carbocycles. The number of rotatable bonds is 16. The highest BCUT2D eigenvalue weighted by molar-refractivity contribution is 7.89. The van der Waals surface area contributed by atoms with Gasteiger partial charge in [-0.1, -0.05) is 71.9 Å². The van der Waals surface area contributed by atoms with Crippen LogP contribution < -0.4 is 5.32 Å². The molecule has 48 heavy (non-hydrogen) atoms. The summed E-state index contributed by atoms with van der Waals surface area (Å²) >= 11 is 1.58. The van der Waals surface area contributed by atoms with Gasteiger partial charge in [-0.25, -0.2) is 18.2 Å². The molecule has 0 aliphatic carbocycles. The first-order valence-electron chi connectivity index (χ1n) is 16.5. The van der Waals surface area contributed by atoms with Crippen LogP contribution in [-0.4, -0.2) is 94.0 Å². The number of urea groups is 1. The monoisotopic (exact) mass is 699 g/mol. The Balaban J connectivity index is 1.55. The van der Waals surface area contributed by atoms with Gasteiger partial charge in [0.1, 0.15) is 11.8 Å². The second-order valence-electron chi connectivity index (χ2n) is 13.5. The van der Waals surface area contributed by atoms with Gasteiger partial charge >= 0.3 is 6.03 Å². The number of amides is 3. The van der Waals surface area contributed by atoms with E-state index in [2.05, 4.69) is 24.1 Å². The number of phenols is 1. The van der Waals surface area contributed by atoms with Crippen molar-refractivity contribution in [3.05, 3.63) is 76.2 Å². The molecule has 3 atom stereocenters. The van der Waals surface area contributed by atoms with Crippen molar-refractivity contribution in [2.45, 2.75) is 83.5 Å². The fourth-order valence-electron chi connectivity index (χ4n) is 5.87. The van der Waals surface area contributed by atoms with Gasteiger partial charge in [0.15, 0.2) is 0 Å². The van der Waals surface area contributed by atoms with Gasteiger partial charge in [-0.05, 0) is 48.1 Å². The van der Waals surface area contributed by atoms with Gasteiger partial charge in [0, 0.05) is 37.5 Å². The van der Waals surface area contributed by atoms with Crippen molar-refractivity contribution in [2.75, 3.05) is 26.2 Å². The van der Waals surface area contributed by atoms with E-state index < -0.39 is 34.1 Å². The van der Waals surface area contributed by atoms with E-state index in [1.165, 1.54) is 28.6 Å². The number of nitrogens with zero attached hydrogens (tertiary/aromatic N) is 4. The second-order valence-corrected chi connectivity index (χ2v) is 16.3. The molecule has 0 unspecified atom stereocenters. The van der Waals surface area contributed by atoms with Crippen LogP contribution in [0, 0.1) is 11.8 Å². The third-order valence-corrected chi connectivity index (χ3v) is 11.3. The van der Waals surface area contributed by atoms with Crippen molar-refractivity contribution in [1.82, 2.24) is 24.4 Å². The van der Waals surface area contributed by atoms with Crippen molar-refractivity contribution in [1.29, 1.82) is 0 Å². The van der Waals surface area contributed by atoms with Crippen LogP contribution in [0.1, 0.15) is 63.7 Å². The summed E-state index contributed by atoms with van der Waals surface area (Å²) in [5, 5.41) is 27.4. The maximum atomic E-state index is 14.1. The molecule has 1 aliphatic rings. The van der Waals surface area contributed by atoms with Crippen LogP contribution in [0.5, 0.6) is 5.75 Å². The average molecular weight is 700 g/mol. The third kappa shape index (κ3) is 9.34. The molecule has 0 spiro atoms. The van der Waals surface area contributed by atoms with E-state index in [-0.39, 0.29) is 48.0 Å². The number of carbonyl (C=O) groups is 2. The molecular formula is C35H49N5O6S2. The van der Waals surface area contributed by atoms with Crippen LogP contribution >= 0.6 is 11.3 Å². The largest absolute Gasteiger partial charge is 0.508 e. The van der Waals surface area contributed by atoms with E-state index in [4.69, 9.17) is 0 Å². The molecule has 0 radical (unpaired) electrons. The minimum atomic E-state index is -4.04. The summed E-state index contributed by atoms with van der Waals surface area (Å²) in [4.78, 5) is 35.7. The highest BCUT2D eigenvalue weighted by atomic mass is 32.2. The number of aromatic nitrogens is 1. The molecule has 0 bridgehead atoms. The Bertz CT molecular complexity index is 1610. The molecule has 262 valence electrons. The topological polar surface area (TPSA) is 143 Å². The first kappa shape index (κ1) is 37.3. The first-order valence-corrected chi connectivity index (χ1v) is 18.8. The van der Waals surface area contributed by atoms with Crippen LogP contribution in [0.25, 0.3) is 0 Å². The van der Waals surface area contributed by atoms with Crippen LogP contribution in [0.2, 0.25) is 0 Å². The van der Waals surface area contributed by atoms with Crippen molar-refractivity contribution < 1.29 is 28.2 Å². The van der Waals surface area contributed by atoms with E-state index in [9.17, 15) is 28.2 Å². The van der Waals surface area contributed by atoms with E-state index in [1.54, 1.807) is 21.1 Å². The molecule has 4 rings (SSSR count). The lowest BCUT2D eigenvalue weighted by Gasteiger charge is -2.34. The number of aromatic hydroxyl groups is 1. The highest BCUT2D eigenvalue weighted by Gasteiger charge is 2.40. The Morgan fingerprint density at radius 2 is 1.67 bits per heavy atom. The summed E-state index contributed by atoms with van der Waals surface area (Å²) in [7, 11) is -4.04. The minimum Gasteiger partial charge on any atom is -0.508 e. The number of phenolic OH excluding ortho intramolecular Hbond substituents is 1. The van der Waals surface area contributed by atoms with Gasteiger partial charge in [0.25, 0.3) is 0 Å². The molecule has 0 saturated carbocycles. The number of hydrogen-bond donors (Lipinski definition) is 3. The Kier molecular flexibility index (Phi) is 12.6. The molecule has 13 heteroatoms. The average Bonchev–Trinajstić information content (AvgIpc) is 3.64. The fraction of sp³-hybridized carbons (Fsp3) is 0.514. The zero-order valence-electron chi connectivity index (χ0n) is 28.6. The molecule has 11 nitrogen and oxygen atoms in total. The third-order valence-electron chi connectivity index (χ3n) is 8.30. The molecule has 3 amide bonds. The first-order chi connectivity index (χ1) is 22.7. The van der Waals surface area contributed by atoms with E-state index in [0.29, 0.717) is 25.6 Å². The summed E-state index contributed by atoms with van der Waals surface area (Å²) in [5.74, 6) is -0.455. The summed E-state index contributed by atoms with van der Waals surface area (Å²) in [6.45, 7) is 12.7. The highest BCUT2D eigenvalue weighted by Crippen LogP contribution is 2.25. The lowest BCUT2D eigenvalue weighted by atomic mass is 9.97. The fourth-order valence-corrected chi connectivity index (χ4v) is 8.31. The van der Waals surface area contributed by atoms with Crippen molar-refractivity contribution >= 4 is 33.3 Å². The van der Waals surface area contributed by atoms with Gasteiger partial charge in [-0.2, -0.15) is 4.31 Å². The van der Waals surface area contributed by atoms with E-state index in [0.717, 1.165) is 16.3 Å². The van der Waals surface area contributed by atoms with Gasteiger partial charge < -0.3 is 25.3 Å². The van der Waals surface area contributed by atoms with Crippen LogP contribution in [0.4, 0.5) is 4.79 Å². The summed E-state index contributed by atoms with van der Waals surface area (Å²) in [6, 6.07) is 12.7. The second kappa shape index (κ2) is 16.3. The number of aliphatic hydroxyl groups excluding tert-OH is 1. The summed E-state index contributed by atoms with van der Waals surface area (Å²) < 4.78 is 28.7. The Morgan fingerprint density at radius 1 is 1.00 bits per heavy atom. The van der Waals surface area contributed by atoms with Gasteiger partial charge in [-0.3, -0.25) is 4.79 Å². The maximum Gasteiger partial charge on any atom is 0.321 e. The lowest BCUT2D eigenvalue weighted by molar-refractivity contribution is -0.128. The molecule has 1 aliphatic heterocycles. The van der Waals surface area contributed by atoms with E-state index in [1.807, 2.05) is 63.4 Å². The number of sulfonamides is 1. The van der Waals surface area contributed by atoms with Crippen LogP contribution in [-0.2, 0) is 27.8 Å². The normalized spacial score (nSPS) is 15.9. The minimum absolute atomic E-state index is 0.00755. The SMILES string of the molecule is CC(C)CN(C[C@@H](O)[C@H](Cc1ccccc1)NC(=O)[C@H](C(C)C)N1CCN(Cc2csc(C(C)C)n2)C1=O)S(=O)(=O)c1ccc(O)cc1. The van der Waals surface area contributed by atoms with E-state index >= 15 is 0 Å². The smallest absolute Gasteiger partial charge is 0.321 e. The molecule has 1 fully saturated rings. The standard InChI is InChI=1S/C35H49N5O6S2/c1-23(2)19-39(48(45,46)29-14-12-28(41)13-15-29)21-31(42)30(18-26-10-8-7-9-11-26)37-33(43)32(24(3)4)40-17-16-38(35(40)44)20-27-22-47-34(36-27)25(5)6/h7-15,22-25,30-32,41-42H,16-21H2,1-6H3,(H,37,43)/t30-,31+,32-/m0/s1. The zero-order chi connectivity index (χ0) is 35.2. The summed E-state index contributed by atoms with van der Waals surface area (Å²) in [6.07, 6.45) is -1.03. The van der Waals surface area contributed by atoms with Gasteiger partial charge in [0.05, 0.1) is 34.3 Å². The summed E-state index contributed by atoms with van der Waals surface area (Å²) in [5.41, 5.74) is 1.68. The quantitative estimate of drug-likeness (QED) is 0.197. The number of benzene rings is 2. The van der Waals surface area contributed by atoms with Crippen molar-refractivity contribution in [3.8, 4) is 5.75 Å². The number of thiazole rings is 1. The van der Waals surface area contributed by atoms with Crippen LogP contribution in [0.3, 0.4) is 0 Å². The Labute approximate surface area is 288 Å². The van der Waals surface area contributed by atoms with Gasteiger partial charge in [0.2, 0.25) is 15.9 Å². The lowest BCUT2D eigenvalue weighted by Crippen LogP contribution is -2.57. The number of nitrogens with one attached hydrogen (secondary N) is 1. The maximum absolute atomic E-state index is 14.1. The van der Waals surface area contributed by atoms with Crippen LogP contribution in [0.15, 0.2) is 64.9 Å². The molecule has 1 aromatic heterocycles.